The molecule has 12 rings (SSSR count). The average Bonchev–Trinajstić information content (AvgIpc) is 3.74. The monoisotopic (exact) mass is 682 g/mol. The number of fused-ring (bicyclic) bond motifs is 12. The van der Waals surface area contributed by atoms with Gasteiger partial charge >= 0.3 is 0 Å². The summed E-state index contributed by atoms with van der Waals surface area (Å²) >= 11 is 0. The fraction of sp³-hybridized carbons (Fsp3) is 0.0370. The molecule has 0 N–H and O–H groups in total. The summed E-state index contributed by atoms with van der Waals surface area (Å²) in [6.07, 6.45) is 0. The van der Waals surface area contributed by atoms with Crippen molar-refractivity contribution in [1.82, 2.24) is 0 Å². The summed E-state index contributed by atoms with van der Waals surface area (Å²) in [6.45, 7) is 0. The molecule has 0 bridgehead atoms. The van der Waals surface area contributed by atoms with Gasteiger partial charge in [-0.2, -0.15) is 0 Å². The van der Waals surface area contributed by atoms with Crippen LogP contribution >= 0.6 is 0 Å². The summed E-state index contributed by atoms with van der Waals surface area (Å²) in [5.74, 6) is 0. The van der Waals surface area contributed by atoms with Crippen molar-refractivity contribution in [2.45, 2.75) is 10.8 Å². The van der Waals surface area contributed by atoms with Crippen LogP contribution in [-0.4, -0.2) is 0 Å². The minimum absolute atomic E-state index is 0.538. The smallest absolute Gasteiger partial charge is 0.0622 e. The van der Waals surface area contributed by atoms with E-state index in [1.165, 1.54) is 99.8 Å². The highest BCUT2D eigenvalue weighted by molar-refractivity contribution is 6.16. The average molecular weight is 683 g/mol. The molecular formula is C54H34. The van der Waals surface area contributed by atoms with Crippen LogP contribution in [0.25, 0.3) is 55.3 Å². The molecule has 9 aromatic rings. The van der Waals surface area contributed by atoms with Gasteiger partial charge in [-0.15, -0.1) is 0 Å². The maximum absolute atomic E-state index is 2.51. The molecule has 0 aliphatic heterocycles. The molecule has 54 heavy (non-hydrogen) atoms. The van der Waals surface area contributed by atoms with E-state index in [-0.39, 0.29) is 0 Å². The third kappa shape index (κ3) is 3.58. The molecule has 3 aliphatic carbocycles. The van der Waals surface area contributed by atoms with E-state index in [4.69, 9.17) is 0 Å². The van der Waals surface area contributed by atoms with E-state index < -0.39 is 10.8 Å². The summed E-state index contributed by atoms with van der Waals surface area (Å²) in [5, 5.41) is 2.64. The van der Waals surface area contributed by atoms with E-state index in [9.17, 15) is 0 Å². The lowest BCUT2D eigenvalue weighted by atomic mass is 9.52. The molecule has 0 spiro atoms. The minimum atomic E-state index is -0.538. The van der Waals surface area contributed by atoms with E-state index >= 15 is 0 Å². The van der Waals surface area contributed by atoms with E-state index in [2.05, 4.69) is 206 Å². The van der Waals surface area contributed by atoms with E-state index in [1.54, 1.807) is 0 Å². The zero-order valence-corrected chi connectivity index (χ0v) is 29.6. The van der Waals surface area contributed by atoms with Gasteiger partial charge in [0.1, 0.15) is 0 Å². The number of rotatable bonds is 4. The maximum Gasteiger partial charge on any atom is 0.0720 e. The topological polar surface area (TPSA) is 0 Å². The molecule has 0 saturated heterocycles. The second-order valence-corrected chi connectivity index (χ2v) is 15.1. The van der Waals surface area contributed by atoms with Gasteiger partial charge in [0.2, 0.25) is 0 Å². The molecule has 0 heteroatoms. The lowest BCUT2D eigenvalue weighted by molar-refractivity contribution is 0.640. The minimum Gasteiger partial charge on any atom is -0.0622 e. The summed E-state index contributed by atoms with van der Waals surface area (Å²) < 4.78 is 0. The van der Waals surface area contributed by atoms with Crippen molar-refractivity contribution in [3.63, 3.8) is 0 Å². The summed E-state index contributed by atoms with van der Waals surface area (Å²) in [7, 11) is 0. The van der Waals surface area contributed by atoms with Gasteiger partial charge in [0.15, 0.2) is 0 Å². The molecule has 0 fully saturated rings. The van der Waals surface area contributed by atoms with Gasteiger partial charge in [-0.05, 0) is 112 Å². The van der Waals surface area contributed by atoms with Crippen LogP contribution in [0.3, 0.4) is 0 Å². The van der Waals surface area contributed by atoms with Crippen LogP contribution in [0.4, 0.5) is 0 Å². The fourth-order valence-electron chi connectivity index (χ4n) is 10.8. The van der Waals surface area contributed by atoms with Gasteiger partial charge in [-0.3, -0.25) is 0 Å². The first-order valence-corrected chi connectivity index (χ1v) is 19.0. The molecule has 2 atom stereocenters. The van der Waals surface area contributed by atoms with Gasteiger partial charge in [-0.25, -0.2) is 0 Å². The molecular weight excluding hydrogens is 649 g/mol. The lowest BCUT2D eigenvalue weighted by Gasteiger charge is -2.48. The Morgan fingerprint density at radius 2 is 0.611 bits per heavy atom. The number of hydrogen-bond donors (Lipinski definition) is 0. The molecule has 0 aromatic heterocycles. The van der Waals surface area contributed by atoms with Crippen molar-refractivity contribution in [1.29, 1.82) is 0 Å². The van der Waals surface area contributed by atoms with Crippen molar-refractivity contribution in [3.8, 4) is 44.5 Å². The first-order chi connectivity index (χ1) is 26.8. The van der Waals surface area contributed by atoms with Crippen LogP contribution < -0.4 is 0 Å². The SMILES string of the molecule is c1ccc(-c2ccc3c(c2)C2(c4ccccc4)c4ccccc4[C@]4(c5ccccc5)c5cc(-c6ccccc6)ccc5-c5c4c2c-3c2ccccc52)cc1. The normalized spacial score (nSPS) is 18.1. The fourth-order valence-corrected chi connectivity index (χ4v) is 10.8. The molecule has 0 amide bonds. The number of hydrogen-bond acceptors (Lipinski definition) is 0. The van der Waals surface area contributed by atoms with Crippen LogP contribution in [0.2, 0.25) is 0 Å². The summed E-state index contributed by atoms with van der Waals surface area (Å²) in [5.41, 5.74) is 20.2. The Morgan fingerprint density at radius 1 is 0.259 bits per heavy atom. The Balaban J connectivity index is 1.34. The lowest BCUT2D eigenvalue weighted by Crippen LogP contribution is -2.43. The van der Waals surface area contributed by atoms with Gasteiger partial charge in [0.05, 0.1) is 10.8 Å². The highest BCUT2D eigenvalue weighted by atomic mass is 14.6. The molecule has 3 aliphatic rings. The summed E-state index contributed by atoms with van der Waals surface area (Å²) in [6, 6.07) is 77.7. The van der Waals surface area contributed by atoms with Crippen LogP contribution in [0.15, 0.2) is 206 Å². The van der Waals surface area contributed by atoms with E-state index in [0.717, 1.165) is 0 Å². The van der Waals surface area contributed by atoms with Gasteiger partial charge < -0.3 is 0 Å². The second-order valence-electron chi connectivity index (χ2n) is 15.1. The Bertz CT molecular complexity index is 2760. The van der Waals surface area contributed by atoms with Crippen molar-refractivity contribution in [3.05, 3.63) is 251 Å². The Hall–Kier alpha value is -6.76. The molecule has 1 unspecified atom stereocenters. The Kier molecular flexibility index (Phi) is 6.00. The maximum atomic E-state index is 2.51. The quantitative estimate of drug-likeness (QED) is 0.173. The number of benzene rings is 9. The highest BCUT2D eigenvalue weighted by Crippen LogP contribution is 2.72. The Morgan fingerprint density at radius 3 is 1.02 bits per heavy atom. The largest absolute Gasteiger partial charge is 0.0720 e. The Labute approximate surface area is 315 Å². The first kappa shape index (κ1) is 29.8. The zero-order valence-electron chi connectivity index (χ0n) is 29.6. The molecule has 0 heterocycles. The predicted octanol–water partition coefficient (Wildman–Crippen LogP) is 13.2. The molecule has 9 aromatic carbocycles. The van der Waals surface area contributed by atoms with Crippen LogP contribution in [0.5, 0.6) is 0 Å². The van der Waals surface area contributed by atoms with Gasteiger partial charge in [0, 0.05) is 0 Å². The second kappa shape index (κ2) is 10.9. The van der Waals surface area contributed by atoms with E-state index in [0.29, 0.717) is 0 Å². The van der Waals surface area contributed by atoms with E-state index in [1.807, 2.05) is 0 Å². The van der Waals surface area contributed by atoms with Crippen molar-refractivity contribution in [2.24, 2.45) is 0 Å². The zero-order chi connectivity index (χ0) is 35.4. The van der Waals surface area contributed by atoms with Gasteiger partial charge in [-0.1, -0.05) is 194 Å². The standard InChI is InChI=1S/C54H34/c1-5-17-35(18-6-1)37-29-31-43-47(33-37)53(39-21-9-3-10-22-39)45-27-15-16-28-46(45)54(40-23-11-4-12-24-40)48-34-38(36-19-7-2-8-20-36)30-32-44(48)50-42-26-14-13-25-41(42)49(43)51(53)52(50)54/h1-34H/t53-,54?/m1/s1. The molecule has 0 radical (unpaired) electrons. The predicted molar refractivity (Wildman–Crippen MR) is 223 cm³/mol. The first-order valence-electron chi connectivity index (χ1n) is 19.0. The van der Waals surface area contributed by atoms with Crippen molar-refractivity contribution < 1.29 is 0 Å². The molecule has 0 saturated carbocycles. The molecule has 250 valence electrons. The van der Waals surface area contributed by atoms with Crippen molar-refractivity contribution in [2.75, 3.05) is 0 Å². The third-order valence-electron chi connectivity index (χ3n) is 12.7. The third-order valence-corrected chi connectivity index (χ3v) is 12.7. The molecule has 0 nitrogen and oxygen atoms in total. The van der Waals surface area contributed by atoms with Crippen LogP contribution in [0.1, 0.15) is 44.5 Å². The van der Waals surface area contributed by atoms with Crippen molar-refractivity contribution >= 4 is 10.8 Å². The van der Waals surface area contributed by atoms with Crippen LogP contribution in [0, 0.1) is 0 Å². The van der Waals surface area contributed by atoms with Crippen LogP contribution in [-0.2, 0) is 10.8 Å². The highest BCUT2D eigenvalue weighted by Gasteiger charge is 2.61. The van der Waals surface area contributed by atoms with Gasteiger partial charge in [0.25, 0.3) is 0 Å². The summed E-state index contributed by atoms with van der Waals surface area (Å²) in [4.78, 5) is 0.